The minimum Gasteiger partial charge on any atom is -0.497 e. The van der Waals surface area contributed by atoms with Crippen LogP contribution in [-0.2, 0) is 23.1 Å². The molecule has 2 atom stereocenters. The molecule has 166 valence electrons. The van der Waals surface area contributed by atoms with Crippen molar-refractivity contribution in [2.75, 3.05) is 45.1 Å². The minimum absolute atomic E-state index is 0.236. The second-order valence-corrected chi connectivity index (χ2v) is 11.3. The van der Waals surface area contributed by atoms with Crippen LogP contribution in [0.15, 0.2) is 36.4 Å². The summed E-state index contributed by atoms with van der Waals surface area (Å²) in [4.78, 5) is 12.4. The zero-order chi connectivity index (χ0) is 22.0. The van der Waals surface area contributed by atoms with E-state index >= 15 is 0 Å². The molecule has 6 nitrogen and oxygen atoms in total. The number of rotatable bonds is 13. The first-order valence-electron chi connectivity index (χ1n) is 9.71. The summed E-state index contributed by atoms with van der Waals surface area (Å²) in [6.07, 6.45) is 0. The Hall–Kier alpha value is -1.18. The van der Waals surface area contributed by atoms with Gasteiger partial charge in [0.05, 0.1) is 26.2 Å². The van der Waals surface area contributed by atoms with Crippen molar-refractivity contribution in [1.29, 1.82) is 0 Å². The topological polar surface area (TPSA) is 71.1 Å². The van der Waals surface area contributed by atoms with Crippen LogP contribution in [0.25, 0.3) is 10.8 Å². The molecule has 0 spiro atoms. The van der Waals surface area contributed by atoms with Crippen molar-refractivity contribution in [2.24, 2.45) is 0 Å². The molecule has 9 heteroatoms. The highest BCUT2D eigenvalue weighted by molar-refractivity contribution is 8.76. The standard InChI is InChI=1S/C21H29O6PS2/c1-5-26-28(4,23)27-11-13-30-29-12-10-25-21(22)16(2)17-6-7-19-15-20(24-3)9-8-18(19)14-17/h6-9,14-16H,5,10-13H2,1-4H3. The second-order valence-electron chi connectivity index (χ2n) is 6.53. The summed E-state index contributed by atoms with van der Waals surface area (Å²) in [5.74, 6) is 1.60. The van der Waals surface area contributed by atoms with Gasteiger partial charge in [0.25, 0.3) is 0 Å². The van der Waals surface area contributed by atoms with E-state index < -0.39 is 7.60 Å². The Kier molecular flexibility index (Phi) is 10.6. The molecule has 0 amide bonds. The van der Waals surface area contributed by atoms with Gasteiger partial charge in [0.2, 0.25) is 0 Å². The summed E-state index contributed by atoms with van der Waals surface area (Å²) in [6.45, 7) is 6.18. The van der Waals surface area contributed by atoms with Crippen LogP contribution < -0.4 is 4.74 Å². The molecule has 2 unspecified atom stereocenters. The zero-order valence-electron chi connectivity index (χ0n) is 17.8. The number of fused-ring (bicyclic) bond motifs is 1. The van der Waals surface area contributed by atoms with Gasteiger partial charge in [0.15, 0.2) is 0 Å². The lowest BCUT2D eigenvalue weighted by Gasteiger charge is -2.13. The van der Waals surface area contributed by atoms with E-state index in [2.05, 4.69) is 0 Å². The lowest BCUT2D eigenvalue weighted by molar-refractivity contribution is -0.144. The number of esters is 1. The first-order valence-corrected chi connectivity index (χ1v) is 14.2. The Morgan fingerprint density at radius 2 is 1.70 bits per heavy atom. The number of hydrogen-bond acceptors (Lipinski definition) is 8. The molecule has 2 aromatic carbocycles. The van der Waals surface area contributed by atoms with Gasteiger partial charge >= 0.3 is 13.6 Å². The normalized spacial score (nSPS) is 14.3. The predicted molar refractivity (Wildman–Crippen MR) is 126 cm³/mol. The highest BCUT2D eigenvalue weighted by Gasteiger charge is 2.17. The van der Waals surface area contributed by atoms with Gasteiger partial charge in [-0.3, -0.25) is 9.36 Å². The maximum atomic E-state index is 12.4. The average Bonchev–Trinajstić information content (AvgIpc) is 2.73. The van der Waals surface area contributed by atoms with Crippen LogP contribution >= 0.6 is 29.2 Å². The Morgan fingerprint density at radius 1 is 1.03 bits per heavy atom. The van der Waals surface area contributed by atoms with Crippen molar-refractivity contribution in [3.8, 4) is 5.75 Å². The molecular weight excluding hydrogens is 443 g/mol. The number of hydrogen-bond donors (Lipinski definition) is 0. The van der Waals surface area contributed by atoms with Gasteiger partial charge in [-0.2, -0.15) is 0 Å². The molecule has 30 heavy (non-hydrogen) atoms. The minimum atomic E-state index is -2.93. The van der Waals surface area contributed by atoms with Crippen LogP contribution in [0.2, 0.25) is 0 Å². The predicted octanol–water partition coefficient (Wildman–Crippen LogP) is 5.75. The molecule has 0 aliphatic rings. The molecule has 0 heterocycles. The summed E-state index contributed by atoms with van der Waals surface area (Å²) >= 11 is 0. The third-order valence-electron chi connectivity index (χ3n) is 4.28. The molecule has 2 aromatic rings. The molecule has 2 rings (SSSR count). The molecule has 0 saturated heterocycles. The Labute approximate surface area is 186 Å². The Balaban J connectivity index is 1.68. The number of ether oxygens (including phenoxy) is 2. The van der Waals surface area contributed by atoms with E-state index in [4.69, 9.17) is 18.5 Å². The maximum absolute atomic E-state index is 12.4. The first kappa shape index (κ1) is 25.1. The summed E-state index contributed by atoms with van der Waals surface area (Å²) in [6, 6.07) is 11.8. The van der Waals surface area contributed by atoms with Crippen molar-refractivity contribution in [3.63, 3.8) is 0 Å². The van der Waals surface area contributed by atoms with Crippen LogP contribution in [-0.4, -0.2) is 51.1 Å². The highest BCUT2D eigenvalue weighted by Crippen LogP contribution is 2.43. The molecule has 0 N–H and O–H groups in total. The van der Waals surface area contributed by atoms with Gasteiger partial charge in [0.1, 0.15) is 12.4 Å². The van der Waals surface area contributed by atoms with Crippen molar-refractivity contribution in [2.45, 2.75) is 19.8 Å². The smallest absolute Gasteiger partial charge is 0.327 e. The summed E-state index contributed by atoms with van der Waals surface area (Å²) < 4.78 is 32.7. The van der Waals surface area contributed by atoms with Gasteiger partial charge in [-0.15, -0.1) is 0 Å². The van der Waals surface area contributed by atoms with Gasteiger partial charge in [-0.05, 0) is 42.3 Å². The van der Waals surface area contributed by atoms with Crippen LogP contribution in [0.5, 0.6) is 5.75 Å². The van der Waals surface area contributed by atoms with Gasteiger partial charge in [-0.1, -0.05) is 45.9 Å². The molecule has 0 aliphatic heterocycles. The monoisotopic (exact) mass is 472 g/mol. The number of benzene rings is 2. The van der Waals surface area contributed by atoms with E-state index in [1.807, 2.05) is 43.3 Å². The molecule has 0 aromatic heterocycles. The van der Waals surface area contributed by atoms with E-state index in [0.717, 1.165) is 22.1 Å². The van der Waals surface area contributed by atoms with Gasteiger partial charge in [-0.25, -0.2) is 0 Å². The van der Waals surface area contributed by atoms with E-state index in [1.54, 1.807) is 35.6 Å². The molecule has 0 bridgehead atoms. The number of carbonyl (C=O) groups is 1. The SMILES string of the molecule is CCOP(C)(=O)OCCSSCCOC(=O)C(C)c1ccc2cc(OC)ccc2c1. The quantitative estimate of drug-likeness (QED) is 0.158. The fraction of sp³-hybridized carbons (Fsp3) is 0.476. The molecule has 0 radical (unpaired) electrons. The molecule has 0 fully saturated rings. The lowest BCUT2D eigenvalue weighted by Crippen LogP contribution is -2.14. The summed E-state index contributed by atoms with van der Waals surface area (Å²) in [5.41, 5.74) is 0.926. The highest BCUT2D eigenvalue weighted by atomic mass is 33.1. The first-order chi connectivity index (χ1) is 14.4. The van der Waals surface area contributed by atoms with E-state index in [-0.39, 0.29) is 11.9 Å². The average molecular weight is 473 g/mol. The fourth-order valence-corrected chi connectivity index (χ4v) is 5.45. The van der Waals surface area contributed by atoms with Crippen molar-refractivity contribution >= 4 is 45.9 Å². The van der Waals surface area contributed by atoms with Crippen LogP contribution in [0.3, 0.4) is 0 Å². The molecule has 0 aliphatic carbocycles. The van der Waals surface area contributed by atoms with Crippen molar-refractivity contribution in [3.05, 3.63) is 42.0 Å². The third-order valence-corrected chi connectivity index (χ3v) is 7.99. The van der Waals surface area contributed by atoms with Crippen LogP contribution in [0.1, 0.15) is 25.3 Å². The number of methoxy groups -OCH3 is 1. The van der Waals surface area contributed by atoms with E-state index in [1.165, 1.54) is 6.66 Å². The van der Waals surface area contributed by atoms with Gasteiger partial charge in [0, 0.05) is 18.2 Å². The zero-order valence-corrected chi connectivity index (χ0v) is 20.3. The maximum Gasteiger partial charge on any atom is 0.327 e. The van der Waals surface area contributed by atoms with E-state index in [9.17, 15) is 9.36 Å². The molecular formula is C21H29O6PS2. The Bertz CT molecular complexity index is 876. The van der Waals surface area contributed by atoms with E-state index in [0.29, 0.717) is 31.3 Å². The number of carbonyl (C=O) groups excluding carboxylic acids is 1. The second kappa shape index (κ2) is 12.6. The van der Waals surface area contributed by atoms with Crippen molar-refractivity contribution in [1.82, 2.24) is 0 Å². The Morgan fingerprint density at radius 3 is 2.40 bits per heavy atom. The molecule has 0 saturated carbocycles. The lowest BCUT2D eigenvalue weighted by atomic mass is 9.98. The largest absolute Gasteiger partial charge is 0.497 e. The van der Waals surface area contributed by atoms with Crippen LogP contribution in [0, 0.1) is 0 Å². The fourth-order valence-electron chi connectivity index (χ4n) is 2.70. The van der Waals surface area contributed by atoms with Gasteiger partial charge < -0.3 is 18.5 Å². The summed E-state index contributed by atoms with van der Waals surface area (Å²) in [5, 5.41) is 2.12. The summed E-state index contributed by atoms with van der Waals surface area (Å²) in [7, 11) is 1.89. The third kappa shape index (κ3) is 8.16. The van der Waals surface area contributed by atoms with Crippen LogP contribution in [0.4, 0.5) is 0 Å². The van der Waals surface area contributed by atoms with Crippen molar-refractivity contribution < 1.29 is 27.9 Å².